The summed E-state index contributed by atoms with van der Waals surface area (Å²) >= 11 is 0. The Bertz CT molecular complexity index is 725. The Morgan fingerprint density at radius 3 is 2.15 bits per heavy atom. The zero-order chi connectivity index (χ0) is 14.9. The molecule has 2 aromatic carbocycles. The normalized spacial score (nSPS) is 11.3. The number of nitrogens with zero attached hydrogens (tertiary/aromatic N) is 1. The monoisotopic (exact) mass is 290 g/mol. The van der Waals surface area contributed by atoms with E-state index in [-0.39, 0.29) is 10.6 Å². The summed E-state index contributed by atoms with van der Waals surface area (Å²) in [5.41, 5.74) is 8.64. The third-order valence-electron chi connectivity index (χ3n) is 3.38. The van der Waals surface area contributed by atoms with Gasteiger partial charge in [0.05, 0.1) is 11.4 Å². The van der Waals surface area contributed by atoms with Crippen molar-refractivity contribution in [2.24, 2.45) is 0 Å². The molecular formula is C15H18N2O2S. The number of rotatable bonds is 3. The highest BCUT2D eigenvalue weighted by atomic mass is 32.2. The lowest BCUT2D eigenvalue weighted by Gasteiger charge is -2.21. The second-order valence-electron chi connectivity index (χ2n) is 4.78. The minimum Gasteiger partial charge on any atom is -0.398 e. The molecule has 106 valence electrons. The Kier molecular flexibility index (Phi) is 3.72. The molecule has 2 N–H and O–H groups in total. The van der Waals surface area contributed by atoms with Crippen molar-refractivity contribution >= 4 is 21.4 Å². The molecule has 0 radical (unpaired) electrons. The molecule has 0 amide bonds. The highest BCUT2D eigenvalue weighted by Gasteiger charge is 2.24. The maximum Gasteiger partial charge on any atom is 0.266 e. The van der Waals surface area contributed by atoms with E-state index < -0.39 is 10.0 Å². The van der Waals surface area contributed by atoms with Crippen LogP contribution in [0.2, 0.25) is 0 Å². The predicted octanol–water partition coefficient (Wildman–Crippen LogP) is 2.71. The van der Waals surface area contributed by atoms with E-state index in [0.717, 1.165) is 11.1 Å². The van der Waals surface area contributed by atoms with Crippen LogP contribution in [-0.4, -0.2) is 15.5 Å². The van der Waals surface area contributed by atoms with Gasteiger partial charge in [-0.15, -0.1) is 0 Å². The topological polar surface area (TPSA) is 63.4 Å². The quantitative estimate of drug-likeness (QED) is 0.884. The Hall–Kier alpha value is -2.01. The van der Waals surface area contributed by atoms with E-state index in [4.69, 9.17) is 5.73 Å². The van der Waals surface area contributed by atoms with E-state index in [2.05, 4.69) is 0 Å². The van der Waals surface area contributed by atoms with E-state index in [1.54, 1.807) is 36.4 Å². The van der Waals surface area contributed by atoms with Crippen LogP contribution in [0.25, 0.3) is 0 Å². The molecule has 0 aliphatic carbocycles. The number of nitrogen functional groups attached to an aromatic ring is 1. The molecule has 0 saturated heterocycles. The van der Waals surface area contributed by atoms with E-state index >= 15 is 0 Å². The fourth-order valence-corrected chi connectivity index (χ4v) is 3.34. The highest BCUT2D eigenvalue weighted by molar-refractivity contribution is 7.93. The van der Waals surface area contributed by atoms with Crippen LogP contribution in [0.3, 0.4) is 0 Å². The number of hydrogen-bond acceptors (Lipinski definition) is 3. The van der Waals surface area contributed by atoms with Crippen LogP contribution >= 0.6 is 0 Å². The van der Waals surface area contributed by atoms with Crippen LogP contribution in [0.5, 0.6) is 0 Å². The molecule has 0 unspecified atom stereocenters. The fourth-order valence-electron chi connectivity index (χ4n) is 1.96. The van der Waals surface area contributed by atoms with Gasteiger partial charge in [-0.25, -0.2) is 8.42 Å². The van der Waals surface area contributed by atoms with E-state index in [1.165, 1.54) is 11.4 Å². The second kappa shape index (κ2) is 5.17. The van der Waals surface area contributed by atoms with E-state index in [9.17, 15) is 8.42 Å². The number of hydrogen-bond donors (Lipinski definition) is 1. The van der Waals surface area contributed by atoms with Crippen LogP contribution in [0, 0.1) is 13.8 Å². The minimum absolute atomic E-state index is 0.145. The van der Waals surface area contributed by atoms with Gasteiger partial charge in [0.1, 0.15) is 4.90 Å². The Morgan fingerprint density at radius 2 is 1.55 bits per heavy atom. The molecular weight excluding hydrogens is 272 g/mol. The van der Waals surface area contributed by atoms with Crippen molar-refractivity contribution in [1.82, 2.24) is 0 Å². The molecule has 2 aromatic rings. The molecule has 0 heterocycles. The molecule has 0 spiro atoms. The molecule has 5 heteroatoms. The molecule has 0 fully saturated rings. The predicted molar refractivity (Wildman–Crippen MR) is 82.4 cm³/mol. The lowest BCUT2D eigenvalue weighted by Crippen LogP contribution is -2.27. The number of anilines is 2. The number of para-hydroxylation sites is 1. The zero-order valence-corrected chi connectivity index (χ0v) is 12.6. The van der Waals surface area contributed by atoms with Crippen LogP contribution in [0.15, 0.2) is 47.4 Å². The number of sulfonamides is 1. The van der Waals surface area contributed by atoms with Crippen LogP contribution in [0.1, 0.15) is 11.1 Å². The molecule has 0 atom stereocenters. The van der Waals surface area contributed by atoms with E-state index in [1.807, 2.05) is 19.9 Å². The van der Waals surface area contributed by atoms with Gasteiger partial charge in [-0.05, 0) is 49.2 Å². The van der Waals surface area contributed by atoms with Gasteiger partial charge in [-0.1, -0.05) is 18.2 Å². The standard InChI is InChI=1S/C15H18N2O2S/c1-11-9-14(16)15(10-12(11)2)20(18,19)17(3)13-7-5-4-6-8-13/h4-10H,16H2,1-3H3. The first-order valence-electron chi connectivity index (χ1n) is 6.24. The van der Waals surface area contributed by atoms with Crippen molar-refractivity contribution < 1.29 is 8.42 Å². The van der Waals surface area contributed by atoms with Crippen molar-refractivity contribution in [1.29, 1.82) is 0 Å². The zero-order valence-electron chi connectivity index (χ0n) is 11.8. The summed E-state index contributed by atoms with van der Waals surface area (Å²) in [4.78, 5) is 0.145. The summed E-state index contributed by atoms with van der Waals surface area (Å²) in [6.07, 6.45) is 0. The molecule has 0 saturated carbocycles. The molecule has 4 nitrogen and oxygen atoms in total. The van der Waals surface area contributed by atoms with Crippen LogP contribution < -0.4 is 10.0 Å². The highest BCUT2D eigenvalue weighted by Crippen LogP contribution is 2.28. The fraction of sp³-hybridized carbons (Fsp3) is 0.200. The summed E-state index contributed by atoms with van der Waals surface area (Å²) in [6, 6.07) is 12.2. The minimum atomic E-state index is -3.65. The summed E-state index contributed by atoms with van der Waals surface area (Å²) < 4.78 is 26.6. The lowest BCUT2D eigenvalue weighted by atomic mass is 10.1. The molecule has 2 rings (SSSR count). The Morgan fingerprint density at radius 1 is 1.00 bits per heavy atom. The summed E-state index contributed by atoms with van der Waals surface area (Å²) in [5.74, 6) is 0. The van der Waals surface area contributed by atoms with Crippen molar-refractivity contribution in [2.45, 2.75) is 18.7 Å². The first-order valence-corrected chi connectivity index (χ1v) is 7.68. The molecule has 0 bridgehead atoms. The Balaban J connectivity index is 2.54. The van der Waals surface area contributed by atoms with Gasteiger partial charge in [0.2, 0.25) is 0 Å². The summed E-state index contributed by atoms with van der Waals surface area (Å²) in [5, 5.41) is 0. The van der Waals surface area contributed by atoms with Crippen molar-refractivity contribution in [3.8, 4) is 0 Å². The Labute approximate surface area is 119 Å². The largest absolute Gasteiger partial charge is 0.398 e. The maximum absolute atomic E-state index is 12.7. The van der Waals surface area contributed by atoms with Crippen LogP contribution in [0.4, 0.5) is 11.4 Å². The molecule has 0 aromatic heterocycles. The smallest absolute Gasteiger partial charge is 0.266 e. The SMILES string of the molecule is Cc1cc(N)c(S(=O)(=O)N(C)c2ccccc2)cc1C. The first kappa shape index (κ1) is 14.4. The molecule has 0 aliphatic heterocycles. The number of nitrogens with two attached hydrogens (primary N) is 1. The lowest BCUT2D eigenvalue weighted by molar-refractivity contribution is 0.594. The van der Waals surface area contributed by atoms with Crippen LogP contribution in [-0.2, 0) is 10.0 Å². The maximum atomic E-state index is 12.7. The van der Waals surface area contributed by atoms with Crippen molar-refractivity contribution in [3.05, 3.63) is 53.6 Å². The van der Waals surface area contributed by atoms with Gasteiger partial charge in [-0.3, -0.25) is 4.31 Å². The second-order valence-corrected chi connectivity index (χ2v) is 6.72. The van der Waals surface area contributed by atoms with Gasteiger partial charge in [0.25, 0.3) is 10.0 Å². The van der Waals surface area contributed by atoms with Gasteiger partial charge in [0, 0.05) is 7.05 Å². The number of benzene rings is 2. The summed E-state index contributed by atoms with van der Waals surface area (Å²) in [7, 11) is -2.13. The van der Waals surface area contributed by atoms with Gasteiger partial charge >= 0.3 is 0 Å². The first-order chi connectivity index (χ1) is 9.34. The van der Waals surface area contributed by atoms with Gasteiger partial charge in [0.15, 0.2) is 0 Å². The van der Waals surface area contributed by atoms with Gasteiger partial charge < -0.3 is 5.73 Å². The van der Waals surface area contributed by atoms with E-state index in [0.29, 0.717) is 5.69 Å². The molecule has 20 heavy (non-hydrogen) atoms. The molecule has 0 aliphatic rings. The summed E-state index contributed by atoms with van der Waals surface area (Å²) in [6.45, 7) is 3.78. The average Bonchev–Trinajstić information content (AvgIpc) is 2.42. The van der Waals surface area contributed by atoms with Gasteiger partial charge in [-0.2, -0.15) is 0 Å². The van der Waals surface area contributed by atoms with Crippen molar-refractivity contribution in [3.63, 3.8) is 0 Å². The third kappa shape index (κ3) is 2.49. The third-order valence-corrected chi connectivity index (χ3v) is 5.23. The number of aryl methyl sites for hydroxylation is 2. The average molecular weight is 290 g/mol. The van der Waals surface area contributed by atoms with Crippen molar-refractivity contribution in [2.75, 3.05) is 17.1 Å².